The zero-order valence-electron chi connectivity index (χ0n) is 14.9. The van der Waals surface area contributed by atoms with Crippen molar-refractivity contribution in [3.8, 4) is 17.1 Å². The summed E-state index contributed by atoms with van der Waals surface area (Å²) >= 11 is 7.04. The van der Waals surface area contributed by atoms with E-state index in [9.17, 15) is 13.6 Å². The van der Waals surface area contributed by atoms with Crippen LogP contribution >= 0.6 is 23.4 Å². The van der Waals surface area contributed by atoms with Gasteiger partial charge >= 0.3 is 6.61 Å². The molecule has 3 aromatic rings. The Balaban J connectivity index is 1.56. The number of thioether (sulfide) groups is 1. The van der Waals surface area contributed by atoms with Gasteiger partial charge in [0.1, 0.15) is 5.75 Å². The number of nitrogens with two attached hydrogens (primary N) is 1. The average molecular weight is 440 g/mol. The molecule has 0 aliphatic heterocycles. The lowest BCUT2D eigenvalue weighted by Gasteiger charge is -2.07. The summed E-state index contributed by atoms with van der Waals surface area (Å²) in [7, 11) is 0. The molecule has 1 heterocycles. The number of nitrogens with one attached hydrogen (secondary N) is 1. The predicted octanol–water partition coefficient (Wildman–Crippen LogP) is 3.32. The highest BCUT2D eigenvalue weighted by Gasteiger charge is 2.14. The molecule has 0 aliphatic rings. The van der Waals surface area contributed by atoms with Crippen molar-refractivity contribution in [3.05, 3.63) is 59.1 Å². The number of nitrogen functional groups attached to an aromatic ring is 1. The number of nitrogens with zero attached hydrogens (tertiary/aromatic N) is 3. The van der Waals surface area contributed by atoms with E-state index in [1.54, 1.807) is 12.1 Å². The van der Waals surface area contributed by atoms with Crippen LogP contribution in [0.2, 0.25) is 5.02 Å². The molecule has 0 saturated carbocycles. The van der Waals surface area contributed by atoms with Crippen LogP contribution in [0.25, 0.3) is 11.4 Å². The Morgan fingerprint density at radius 3 is 2.69 bits per heavy atom. The summed E-state index contributed by atoms with van der Waals surface area (Å²) in [5, 5.41) is 11.7. The maximum Gasteiger partial charge on any atom is 0.387 e. The van der Waals surface area contributed by atoms with Crippen molar-refractivity contribution < 1.29 is 18.3 Å². The summed E-state index contributed by atoms with van der Waals surface area (Å²) in [6.45, 7) is -2.54. The number of carbonyl (C=O) groups is 1. The molecule has 0 saturated heterocycles. The van der Waals surface area contributed by atoms with Gasteiger partial charge in [-0.15, -0.1) is 10.2 Å². The van der Waals surface area contributed by atoms with Crippen LogP contribution in [0.1, 0.15) is 5.56 Å². The normalized spacial score (nSPS) is 10.9. The van der Waals surface area contributed by atoms with Crippen molar-refractivity contribution in [3.63, 3.8) is 0 Å². The van der Waals surface area contributed by atoms with Gasteiger partial charge in [0.05, 0.1) is 5.75 Å². The number of halogens is 3. The molecule has 3 rings (SSSR count). The smallest absolute Gasteiger partial charge is 0.387 e. The Hall–Kier alpha value is -2.85. The third-order valence-electron chi connectivity index (χ3n) is 3.71. The SMILES string of the molecule is Nn1c(SCC(=O)NCc2cccc(Cl)c2)nnc1-c1ccc(OC(F)F)cc1. The molecular formula is C18H16ClF2N5O2S. The molecule has 7 nitrogen and oxygen atoms in total. The lowest BCUT2D eigenvalue weighted by molar-refractivity contribution is -0.118. The maximum atomic E-state index is 12.2. The number of carbonyl (C=O) groups excluding carboxylic acids is 1. The number of ether oxygens (including phenoxy) is 1. The molecule has 0 atom stereocenters. The van der Waals surface area contributed by atoms with Crippen LogP contribution in [0, 0.1) is 0 Å². The zero-order chi connectivity index (χ0) is 20.8. The number of benzene rings is 2. The molecule has 0 spiro atoms. The van der Waals surface area contributed by atoms with E-state index >= 15 is 0 Å². The predicted molar refractivity (Wildman–Crippen MR) is 106 cm³/mol. The molecular weight excluding hydrogens is 424 g/mol. The van der Waals surface area contributed by atoms with E-state index in [4.69, 9.17) is 17.4 Å². The number of hydrogen-bond acceptors (Lipinski definition) is 6. The second kappa shape index (κ2) is 9.57. The second-order valence-electron chi connectivity index (χ2n) is 5.77. The Bertz CT molecular complexity index is 985. The molecule has 29 heavy (non-hydrogen) atoms. The third kappa shape index (κ3) is 5.81. The largest absolute Gasteiger partial charge is 0.435 e. The Labute approximate surface area is 174 Å². The summed E-state index contributed by atoms with van der Waals surface area (Å²) in [6, 6.07) is 13.0. The fraction of sp³-hybridized carbons (Fsp3) is 0.167. The highest BCUT2D eigenvalue weighted by molar-refractivity contribution is 7.99. The van der Waals surface area contributed by atoms with Crippen molar-refractivity contribution in [1.82, 2.24) is 20.2 Å². The zero-order valence-corrected chi connectivity index (χ0v) is 16.5. The molecule has 1 amide bonds. The van der Waals surface area contributed by atoms with E-state index in [2.05, 4.69) is 20.3 Å². The molecule has 3 N–H and O–H groups in total. The van der Waals surface area contributed by atoms with E-state index in [1.807, 2.05) is 12.1 Å². The maximum absolute atomic E-state index is 12.2. The third-order valence-corrected chi connectivity index (χ3v) is 4.89. The van der Waals surface area contributed by atoms with Crippen molar-refractivity contribution in [1.29, 1.82) is 0 Å². The van der Waals surface area contributed by atoms with E-state index in [1.165, 1.54) is 28.9 Å². The van der Waals surface area contributed by atoms with Crippen LogP contribution in [-0.2, 0) is 11.3 Å². The molecule has 0 unspecified atom stereocenters. The van der Waals surface area contributed by atoms with Gasteiger partial charge in [0.2, 0.25) is 11.1 Å². The van der Waals surface area contributed by atoms with E-state index < -0.39 is 6.61 Å². The second-order valence-corrected chi connectivity index (χ2v) is 7.15. The Morgan fingerprint density at radius 2 is 2.00 bits per heavy atom. The number of aromatic nitrogens is 3. The fourth-order valence-corrected chi connectivity index (χ4v) is 3.29. The molecule has 0 fully saturated rings. The summed E-state index contributed by atoms with van der Waals surface area (Å²) < 4.78 is 30.0. The van der Waals surface area contributed by atoms with Crippen LogP contribution in [0.15, 0.2) is 53.7 Å². The summed E-state index contributed by atoms with van der Waals surface area (Å²) in [5.41, 5.74) is 1.46. The Morgan fingerprint density at radius 1 is 1.24 bits per heavy atom. The van der Waals surface area contributed by atoms with Gasteiger partial charge in [0.15, 0.2) is 5.82 Å². The van der Waals surface area contributed by atoms with E-state index in [0.717, 1.165) is 17.3 Å². The van der Waals surface area contributed by atoms with Gasteiger partial charge in [-0.05, 0) is 42.0 Å². The molecule has 1 aromatic heterocycles. The molecule has 152 valence electrons. The molecule has 0 aliphatic carbocycles. The van der Waals surface area contributed by atoms with E-state index in [-0.39, 0.29) is 17.4 Å². The van der Waals surface area contributed by atoms with Gasteiger partial charge in [-0.1, -0.05) is 35.5 Å². The first kappa shape index (κ1) is 20.9. The highest BCUT2D eigenvalue weighted by atomic mass is 35.5. The Kier molecular flexibility index (Phi) is 6.89. The topological polar surface area (TPSA) is 95.1 Å². The minimum atomic E-state index is -2.90. The molecule has 2 aromatic carbocycles. The van der Waals surface area contributed by atoms with Crippen LogP contribution < -0.4 is 15.9 Å². The van der Waals surface area contributed by atoms with Crippen molar-refractivity contribution >= 4 is 29.3 Å². The van der Waals surface area contributed by atoms with Crippen LogP contribution in [0.3, 0.4) is 0 Å². The standard InChI is InChI=1S/C18H16ClF2N5O2S/c19-13-3-1-2-11(8-13)9-23-15(27)10-29-18-25-24-16(26(18)22)12-4-6-14(7-5-12)28-17(20)21/h1-8,17H,9-10,22H2,(H,23,27). The summed E-state index contributed by atoms with van der Waals surface area (Å²) in [4.78, 5) is 12.0. The summed E-state index contributed by atoms with van der Waals surface area (Å²) in [6.07, 6.45) is 0. The minimum Gasteiger partial charge on any atom is -0.435 e. The van der Waals surface area contributed by atoms with Crippen LogP contribution in [0.5, 0.6) is 5.75 Å². The van der Waals surface area contributed by atoms with Gasteiger partial charge in [0, 0.05) is 17.1 Å². The fourth-order valence-electron chi connectivity index (χ4n) is 2.39. The lowest BCUT2D eigenvalue weighted by Crippen LogP contribution is -2.25. The molecule has 0 bridgehead atoms. The monoisotopic (exact) mass is 439 g/mol. The first-order valence-corrected chi connectivity index (χ1v) is 9.68. The lowest BCUT2D eigenvalue weighted by atomic mass is 10.2. The van der Waals surface area contributed by atoms with Crippen molar-refractivity contribution in [2.24, 2.45) is 0 Å². The van der Waals surface area contributed by atoms with Crippen LogP contribution in [-0.4, -0.2) is 33.1 Å². The number of alkyl halides is 2. The van der Waals surface area contributed by atoms with E-state index in [0.29, 0.717) is 28.1 Å². The first-order chi connectivity index (χ1) is 13.9. The van der Waals surface area contributed by atoms with Gasteiger partial charge in [-0.2, -0.15) is 8.78 Å². The van der Waals surface area contributed by atoms with Crippen molar-refractivity contribution in [2.75, 3.05) is 11.6 Å². The van der Waals surface area contributed by atoms with Crippen molar-refractivity contribution in [2.45, 2.75) is 18.3 Å². The van der Waals surface area contributed by atoms with Gasteiger partial charge in [-0.25, -0.2) is 4.68 Å². The highest BCUT2D eigenvalue weighted by Crippen LogP contribution is 2.24. The minimum absolute atomic E-state index is 0.0257. The number of hydrogen-bond donors (Lipinski definition) is 2. The average Bonchev–Trinajstić information content (AvgIpc) is 3.05. The number of amides is 1. The number of rotatable bonds is 8. The van der Waals surface area contributed by atoms with Gasteiger partial charge in [0.25, 0.3) is 0 Å². The molecule has 11 heteroatoms. The first-order valence-electron chi connectivity index (χ1n) is 8.32. The van der Waals surface area contributed by atoms with Gasteiger partial charge < -0.3 is 15.9 Å². The van der Waals surface area contributed by atoms with Gasteiger partial charge in [-0.3, -0.25) is 4.79 Å². The summed E-state index contributed by atoms with van der Waals surface area (Å²) in [5.74, 6) is 6.24. The molecule has 0 radical (unpaired) electrons. The van der Waals surface area contributed by atoms with Crippen LogP contribution in [0.4, 0.5) is 8.78 Å². The quantitative estimate of drug-likeness (QED) is 0.413.